The summed E-state index contributed by atoms with van der Waals surface area (Å²) in [6, 6.07) is -0.961. The van der Waals surface area contributed by atoms with E-state index in [2.05, 4.69) is 19.2 Å². The van der Waals surface area contributed by atoms with Gasteiger partial charge >= 0.3 is 0 Å². The third kappa shape index (κ3) is 28.9. The zero-order chi connectivity index (χ0) is 29.7. The number of unbranched alkanes of at least 4 members (excludes halogenated alkanes) is 23. The monoisotopic (exact) mass is 589 g/mol. The molecule has 0 aliphatic carbocycles. The van der Waals surface area contributed by atoms with Gasteiger partial charge in [0.05, 0.1) is 17.9 Å². The van der Waals surface area contributed by atoms with Gasteiger partial charge in [-0.2, -0.15) is 8.42 Å². The molecular formula is C33H67NO5S. The number of amides is 1. The summed E-state index contributed by atoms with van der Waals surface area (Å²) in [4.78, 5) is 12.4. The molecule has 0 fully saturated rings. The minimum atomic E-state index is -4.29. The number of rotatable bonds is 31. The molecule has 40 heavy (non-hydrogen) atoms. The quantitative estimate of drug-likeness (QED) is 0.0552. The summed E-state index contributed by atoms with van der Waals surface area (Å²) in [6.45, 7) is 4.48. The van der Waals surface area contributed by atoms with E-state index in [0.29, 0.717) is 12.8 Å². The first kappa shape index (κ1) is 39.3. The van der Waals surface area contributed by atoms with E-state index in [4.69, 9.17) is 0 Å². The lowest BCUT2D eigenvalue weighted by atomic mass is 10.0. The first-order chi connectivity index (χ1) is 19.3. The zero-order valence-electron chi connectivity index (χ0n) is 26.5. The molecule has 240 valence electrons. The number of aliphatic hydroxyl groups is 1. The van der Waals surface area contributed by atoms with Gasteiger partial charge in [0.25, 0.3) is 10.1 Å². The van der Waals surface area contributed by atoms with Crippen molar-refractivity contribution < 1.29 is 22.9 Å². The van der Waals surface area contributed by atoms with Crippen LogP contribution in [0.3, 0.4) is 0 Å². The summed E-state index contributed by atoms with van der Waals surface area (Å²) in [5.41, 5.74) is 0. The van der Waals surface area contributed by atoms with Gasteiger partial charge in [-0.3, -0.25) is 9.35 Å². The molecule has 2 unspecified atom stereocenters. The van der Waals surface area contributed by atoms with Gasteiger partial charge in [-0.05, 0) is 12.8 Å². The Morgan fingerprint density at radius 1 is 0.575 bits per heavy atom. The van der Waals surface area contributed by atoms with Gasteiger partial charge in [0, 0.05) is 6.42 Å². The molecule has 0 saturated heterocycles. The number of hydrogen-bond donors (Lipinski definition) is 3. The summed E-state index contributed by atoms with van der Waals surface area (Å²) in [5, 5.41) is 13.3. The largest absolute Gasteiger partial charge is 0.391 e. The van der Waals surface area contributed by atoms with Crippen molar-refractivity contribution in [2.75, 3.05) is 5.75 Å². The fourth-order valence-electron chi connectivity index (χ4n) is 5.45. The lowest BCUT2D eigenvalue weighted by Gasteiger charge is -2.23. The second kappa shape index (κ2) is 28.5. The molecule has 0 aromatic heterocycles. The summed E-state index contributed by atoms with van der Waals surface area (Å²) in [7, 11) is -4.29. The molecule has 0 aromatic rings. The Hall–Kier alpha value is -0.660. The van der Waals surface area contributed by atoms with E-state index < -0.39 is 28.0 Å². The molecule has 0 heterocycles. The Kier molecular flexibility index (Phi) is 28.0. The molecule has 7 heteroatoms. The van der Waals surface area contributed by atoms with Gasteiger partial charge in [0.1, 0.15) is 0 Å². The topological polar surface area (TPSA) is 104 Å². The van der Waals surface area contributed by atoms with Crippen LogP contribution in [0.25, 0.3) is 0 Å². The van der Waals surface area contributed by atoms with Crippen molar-refractivity contribution in [1.29, 1.82) is 0 Å². The second-order valence-electron chi connectivity index (χ2n) is 12.2. The van der Waals surface area contributed by atoms with E-state index in [9.17, 15) is 22.9 Å². The van der Waals surface area contributed by atoms with Gasteiger partial charge in [-0.25, -0.2) is 0 Å². The van der Waals surface area contributed by atoms with Crippen molar-refractivity contribution in [2.45, 2.75) is 199 Å². The molecular weight excluding hydrogens is 522 g/mol. The first-order valence-electron chi connectivity index (χ1n) is 17.2. The minimum absolute atomic E-state index is 0.248. The molecule has 0 aliphatic heterocycles. The maximum atomic E-state index is 12.4. The van der Waals surface area contributed by atoms with E-state index in [1.807, 2.05) is 0 Å². The highest BCUT2D eigenvalue weighted by atomic mass is 32.2. The van der Waals surface area contributed by atoms with Crippen LogP contribution < -0.4 is 5.32 Å². The predicted molar refractivity (Wildman–Crippen MR) is 170 cm³/mol. The van der Waals surface area contributed by atoms with Crippen LogP contribution in [0.4, 0.5) is 0 Å². The third-order valence-electron chi connectivity index (χ3n) is 8.06. The molecule has 0 spiro atoms. The van der Waals surface area contributed by atoms with Crippen molar-refractivity contribution in [3.63, 3.8) is 0 Å². The lowest BCUT2D eigenvalue weighted by molar-refractivity contribution is -0.122. The van der Waals surface area contributed by atoms with Gasteiger partial charge in [0.15, 0.2) is 0 Å². The SMILES string of the molecule is CCCCCCCCCCCCCCCCCCC(O)C(CS(=O)(=O)O)NC(=O)CCCCCCCCCCC. The van der Waals surface area contributed by atoms with Gasteiger partial charge in [-0.15, -0.1) is 0 Å². The van der Waals surface area contributed by atoms with Crippen molar-refractivity contribution in [2.24, 2.45) is 0 Å². The van der Waals surface area contributed by atoms with E-state index >= 15 is 0 Å². The van der Waals surface area contributed by atoms with Crippen LogP contribution in [0.1, 0.15) is 187 Å². The van der Waals surface area contributed by atoms with Crippen molar-refractivity contribution >= 4 is 16.0 Å². The average molecular weight is 590 g/mol. The lowest BCUT2D eigenvalue weighted by Crippen LogP contribution is -2.47. The Bertz CT molecular complexity index is 655. The van der Waals surface area contributed by atoms with Crippen LogP contribution in [0.15, 0.2) is 0 Å². The third-order valence-corrected chi connectivity index (χ3v) is 8.84. The van der Waals surface area contributed by atoms with Gasteiger partial charge in [0.2, 0.25) is 5.91 Å². The summed E-state index contributed by atoms with van der Waals surface area (Å²) in [6.07, 6.45) is 30.5. The summed E-state index contributed by atoms with van der Waals surface area (Å²) < 4.78 is 32.3. The average Bonchev–Trinajstić information content (AvgIpc) is 2.90. The fraction of sp³-hybridized carbons (Fsp3) is 0.970. The number of hydrogen-bond acceptors (Lipinski definition) is 4. The van der Waals surface area contributed by atoms with E-state index in [1.54, 1.807) is 0 Å². The predicted octanol–water partition coefficient (Wildman–Crippen LogP) is 9.29. The Morgan fingerprint density at radius 3 is 1.25 bits per heavy atom. The standard InChI is InChI=1S/C33H67NO5S/c1-3-5-7-9-11-13-14-15-16-17-18-19-21-22-24-26-28-32(35)31(30-40(37,38)39)34-33(36)29-27-25-23-20-12-10-8-6-4-2/h31-32,35H,3-30H2,1-2H3,(H,34,36)(H,37,38,39). The molecule has 0 radical (unpaired) electrons. The molecule has 0 rings (SSSR count). The minimum Gasteiger partial charge on any atom is -0.391 e. The van der Waals surface area contributed by atoms with Gasteiger partial charge in [-0.1, -0.05) is 168 Å². The molecule has 2 atom stereocenters. The number of aliphatic hydroxyl groups excluding tert-OH is 1. The molecule has 0 aliphatic rings. The van der Waals surface area contributed by atoms with E-state index in [0.717, 1.165) is 38.5 Å². The summed E-state index contributed by atoms with van der Waals surface area (Å²) >= 11 is 0. The number of carbonyl (C=O) groups is 1. The molecule has 0 aromatic carbocycles. The van der Waals surface area contributed by atoms with Crippen LogP contribution in [0.5, 0.6) is 0 Å². The maximum Gasteiger partial charge on any atom is 0.266 e. The van der Waals surface area contributed by atoms with E-state index in [-0.39, 0.29) is 5.91 Å². The van der Waals surface area contributed by atoms with Crippen molar-refractivity contribution in [3.05, 3.63) is 0 Å². The Balaban J connectivity index is 3.89. The summed E-state index contributed by atoms with van der Waals surface area (Å²) in [5.74, 6) is -0.890. The van der Waals surface area contributed by atoms with Crippen LogP contribution in [-0.4, -0.2) is 41.9 Å². The van der Waals surface area contributed by atoms with Crippen LogP contribution >= 0.6 is 0 Å². The van der Waals surface area contributed by atoms with Crippen LogP contribution in [0.2, 0.25) is 0 Å². The molecule has 0 saturated carbocycles. The maximum absolute atomic E-state index is 12.4. The molecule has 0 bridgehead atoms. The molecule has 1 amide bonds. The highest BCUT2D eigenvalue weighted by Gasteiger charge is 2.26. The normalized spacial score (nSPS) is 13.4. The Morgan fingerprint density at radius 2 is 0.900 bits per heavy atom. The second-order valence-corrected chi connectivity index (χ2v) is 13.7. The molecule has 6 nitrogen and oxygen atoms in total. The van der Waals surface area contributed by atoms with Gasteiger partial charge < -0.3 is 10.4 Å². The number of carbonyl (C=O) groups excluding carboxylic acids is 1. The zero-order valence-corrected chi connectivity index (χ0v) is 27.3. The molecule has 3 N–H and O–H groups in total. The van der Waals surface area contributed by atoms with Crippen molar-refractivity contribution in [1.82, 2.24) is 5.32 Å². The highest BCUT2D eigenvalue weighted by molar-refractivity contribution is 7.85. The first-order valence-corrected chi connectivity index (χ1v) is 18.8. The van der Waals surface area contributed by atoms with Crippen molar-refractivity contribution in [3.8, 4) is 0 Å². The Labute approximate surface area is 249 Å². The van der Waals surface area contributed by atoms with E-state index in [1.165, 1.54) is 122 Å². The fourth-order valence-corrected chi connectivity index (χ4v) is 6.21. The number of nitrogens with one attached hydrogen (secondary N) is 1. The smallest absolute Gasteiger partial charge is 0.266 e. The van der Waals surface area contributed by atoms with Crippen LogP contribution in [0, 0.1) is 0 Å². The van der Waals surface area contributed by atoms with Crippen LogP contribution in [-0.2, 0) is 14.9 Å². The highest BCUT2D eigenvalue weighted by Crippen LogP contribution is 2.16.